The van der Waals surface area contributed by atoms with Crippen molar-refractivity contribution in [3.63, 3.8) is 0 Å². The Labute approximate surface area is 116 Å². The second-order valence-electron chi connectivity index (χ2n) is 4.14. The zero-order chi connectivity index (χ0) is 13.2. The van der Waals surface area contributed by atoms with Gasteiger partial charge >= 0.3 is 0 Å². The molecule has 0 aromatic heterocycles. The van der Waals surface area contributed by atoms with Crippen LogP contribution in [0.3, 0.4) is 0 Å². The van der Waals surface area contributed by atoms with Crippen molar-refractivity contribution in [2.45, 2.75) is 24.7 Å². The van der Waals surface area contributed by atoms with Gasteiger partial charge in [-0.25, -0.2) is 8.42 Å². The fourth-order valence-corrected chi connectivity index (χ4v) is 3.88. The molecule has 4 nitrogen and oxygen atoms in total. The molecule has 0 radical (unpaired) electrons. The SMILES string of the molecule is CCOc1cc(S(=O)(=O)N2CCCC2)ccc1Br. The minimum absolute atomic E-state index is 0.302. The minimum Gasteiger partial charge on any atom is -0.493 e. The summed E-state index contributed by atoms with van der Waals surface area (Å²) in [6.45, 7) is 3.60. The van der Waals surface area contributed by atoms with Gasteiger partial charge in [-0.2, -0.15) is 4.31 Å². The van der Waals surface area contributed by atoms with Gasteiger partial charge in [0.2, 0.25) is 10.0 Å². The van der Waals surface area contributed by atoms with E-state index >= 15 is 0 Å². The lowest BCUT2D eigenvalue weighted by atomic mass is 10.3. The highest BCUT2D eigenvalue weighted by Gasteiger charge is 2.27. The van der Waals surface area contributed by atoms with Crippen LogP contribution < -0.4 is 4.74 Å². The van der Waals surface area contributed by atoms with Gasteiger partial charge in [0.15, 0.2) is 0 Å². The number of sulfonamides is 1. The molecular weight excluding hydrogens is 318 g/mol. The van der Waals surface area contributed by atoms with E-state index in [2.05, 4.69) is 15.9 Å². The van der Waals surface area contributed by atoms with Crippen molar-refractivity contribution < 1.29 is 13.2 Å². The van der Waals surface area contributed by atoms with Gasteiger partial charge in [0, 0.05) is 19.2 Å². The molecule has 1 heterocycles. The van der Waals surface area contributed by atoms with Gasteiger partial charge in [0.05, 0.1) is 16.0 Å². The molecule has 100 valence electrons. The zero-order valence-corrected chi connectivity index (χ0v) is 12.6. The van der Waals surface area contributed by atoms with Crippen molar-refractivity contribution in [3.05, 3.63) is 22.7 Å². The minimum atomic E-state index is -3.36. The first-order chi connectivity index (χ1) is 8.55. The molecular formula is C12H16BrNO3S. The van der Waals surface area contributed by atoms with Crippen LogP contribution in [-0.4, -0.2) is 32.4 Å². The fraction of sp³-hybridized carbons (Fsp3) is 0.500. The molecule has 1 aromatic carbocycles. The average molecular weight is 334 g/mol. The van der Waals surface area contributed by atoms with Crippen LogP contribution >= 0.6 is 15.9 Å². The van der Waals surface area contributed by atoms with Gasteiger partial charge in [-0.15, -0.1) is 0 Å². The van der Waals surface area contributed by atoms with Crippen LogP contribution in [0.1, 0.15) is 19.8 Å². The third kappa shape index (κ3) is 2.70. The lowest BCUT2D eigenvalue weighted by Crippen LogP contribution is -2.27. The van der Waals surface area contributed by atoms with Crippen molar-refractivity contribution in [1.29, 1.82) is 0 Å². The Bertz CT molecular complexity index is 524. The van der Waals surface area contributed by atoms with Gasteiger partial charge in [-0.1, -0.05) is 0 Å². The summed E-state index contributed by atoms with van der Waals surface area (Å²) < 4.78 is 32.4. The van der Waals surface area contributed by atoms with Crippen molar-refractivity contribution in [2.75, 3.05) is 19.7 Å². The maximum absolute atomic E-state index is 12.4. The highest BCUT2D eigenvalue weighted by Crippen LogP contribution is 2.30. The Hall–Kier alpha value is -0.590. The Morgan fingerprint density at radius 2 is 2.00 bits per heavy atom. The lowest BCUT2D eigenvalue weighted by Gasteiger charge is -2.16. The largest absolute Gasteiger partial charge is 0.493 e. The predicted molar refractivity (Wildman–Crippen MR) is 73.3 cm³/mol. The lowest BCUT2D eigenvalue weighted by molar-refractivity contribution is 0.337. The number of rotatable bonds is 4. The molecule has 18 heavy (non-hydrogen) atoms. The second-order valence-corrected chi connectivity index (χ2v) is 6.93. The summed E-state index contributed by atoms with van der Waals surface area (Å²) in [6, 6.07) is 4.91. The Kier molecular flexibility index (Phi) is 4.29. The Balaban J connectivity index is 2.35. The van der Waals surface area contributed by atoms with E-state index in [1.807, 2.05) is 6.92 Å². The van der Waals surface area contributed by atoms with E-state index in [0.717, 1.165) is 17.3 Å². The summed E-state index contributed by atoms with van der Waals surface area (Å²) in [7, 11) is -3.36. The predicted octanol–water partition coefficient (Wildman–Crippen LogP) is 2.63. The summed E-state index contributed by atoms with van der Waals surface area (Å²) in [4.78, 5) is 0.302. The van der Waals surface area contributed by atoms with E-state index in [0.29, 0.717) is 30.3 Å². The van der Waals surface area contributed by atoms with Gasteiger partial charge in [-0.05, 0) is 47.8 Å². The molecule has 0 unspecified atom stereocenters. The molecule has 1 aromatic rings. The topological polar surface area (TPSA) is 46.6 Å². The van der Waals surface area contributed by atoms with Crippen LogP contribution in [0.4, 0.5) is 0 Å². The first kappa shape index (κ1) is 13.8. The van der Waals surface area contributed by atoms with E-state index in [9.17, 15) is 8.42 Å². The third-order valence-corrected chi connectivity index (χ3v) is 5.46. The Morgan fingerprint density at radius 3 is 2.61 bits per heavy atom. The molecule has 2 rings (SSSR count). The van der Waals surface area contributed by atoms with Crippen molar-refractivity contribution in [2.24, 2.45) is 0 Å². The van der Waals surface area contributed by atoms with Crippen LogP contribution in [0.25, 0.3) is 0 Å². The highest BCUT2D eigenvalue weighted by atomic mass is 79.9. The van der Waals surface area contributed by atoms with Crippen LogP contribution in [0.5, 0.6) is 5.75 Å². The maximum Gasteiger partial charge on any atom is 0.243 e. The van der Waals surface area contributed by atoms with E-state index < -0.39 is 10.0 Å². The summed E-state index contributed by atoms with van der Waals surface area (Å²) >= 11 is 3.35. The van der Waals surface area contributed by atoms with Gasteiger partial charge in [0.1, 0.15) is 5.75 Å². The van der Waals surface area contributed by atoms with E-state index in [1.165, 1.54) is 4.31 Å². The highest BCUT2D eigenvalue weighted by molar-refractivity contribution is 9.10. The zero-order valence-electron chi connectivity index (χ0n) is 10.2. The van der Waals surface area contributed by atoms with Crippen LogP contribution in [0.2, 0.25) is 0 Å². The summed E-state index contributed by atoms with van der Waals surface area (Å²) in [5.41, 5.74) is 0. The Morgan fingerprint density at radius 1 is 1.33 bits per heavy atom. The molecule has 0 aliphatic carbocycles. The standard InChI is InChI=1S/C12H16BrNO3S/c1-2-17-12-9-10(5-6-11(12)13)18(15,16)14-7-3-4-8-14/h5-6,9H,2-4,7-8H2,1H3. The van der Waals surface area contributed by atoms with E-state index in [-0.39, 0.29) is 0 Å². The summed E-state index contributed by atoms with van der Waals surface area (Å²) in [5, 5.41) is 0. The monoisotopic (exact) mass is 333 g/mol. The van der Waals surface area contributed by atoms with Crippen LogP contribution in [-0.2, 0) is 10.0 Å². The molecule has 1 fully saturated rings. The van der Waals surface area contributed by atoms with Gasteiger partial charge in [0.25, 0.3) is 0 Å². The number of hydrogen-bond acceptors (Lipinski definition) is 3. The number of halogens is 1. The summed E-state index contributed by atoms with van der Waals surface area (Å²) in [6.07, 6.45) is 1.88. The van der Waals surface area contributed by atoms with E-state index in [4.69, 9.17) is 4.74 Å². The van der Waals surface area contributed by atoms with Crippen molar-refractivity contribution in [1.82, 2.24) is 4.31 Å². The smallest absolute Gasteiger partial charge is 0.243 e. The molecule has 0 amide bonds. The van der Waals surface area contributed by atoms with E-state index in [1.54, 1.807) is 18.2 Å². The molecule has 0 atom stereocenters. The molecule has 1 aliphatic rings. The second kappa shape index (κ2) is 5.59. The van der Waals surface area contributed by atoms with Crippen molar-refractivity contribution >= 4 is 26.0 Å². The van der Waals surface area contributed by atoms with Crippen molar-refractivity contribution in [3.8, 4) is 5.75 Å². The molecule has 6 heteroatoms. The first-order valence-electron chi connectivity index (χ1n) is 5.98. The maximum atomic E-state index is 12.4. The fourth-order valence-electron chi connectivity index (χ4n) is 1.99. The first-order valence-corrected chi connectivity index (χ1v) is 8.21. The molecule has 0 spiro atoms. The normalized spacial score (nSPS) is 17.0. The number of hydrogen-bond donors (Lipinski definition) is 0. The molecule has 1 aliphatic heterocycles. The number of ether oxygens (including phenoxy) is 1. The molecule has 0 N–H and O–H groups in total. The molecule has 1 saturated heterocycles. The summed E-state index contributed by atoms with van der Waals surface area (Å²) in [5.74, 6) is 0.567. The van der Waals surface area contributed by atoms with Gasteiger partial charge < -0.3 is 4.74 Å². The third-order valence-electron chi connectivity index (χ3n) is 2.91. The number of nitrogens with zero attached hydrogens (tertiary/aromatic N) is 1. The number of benzene rings is 1. The van der Waals surface area contributed by atoms with Crippen LogP contribution in [0, 0.1) is 0 Å². The molecule has 0 saturated carbocycles. The quantitative estimate of drug-likeness (QED) is 0.850. The van der Waals surface area contributed by atoms with Crippen LogP contribution in [0.15, 0.2) is 27.6 Å². The average Bonchev–Trinajstić information content (AvgIpc) is 2.86. The van der Waals surface area contributed by atoms with Gasteiger partial charge in [-0.3, -0.25) is 0 Å². The molecule has 0 bridgehead atoms.